The fourth-order valence-electron chi connectivity index (χ4n) is 3.69. The van der Waals surface area contributed by atoms with Gasteiger partial charge in [-0.2, -0.15) is 26.3 Å². The molecule has 1 N–H and O–H groups in total. The van der Waals surface area contributed by atoms with Crippen LogP contribution in [0.2, 0.25) is 0 Å². The van der Waals surface area contributed by atoms with Gasteiger partial charge in [0, 0.05) is 29.9 Å². The number of carbonyl (C=O) groups is 2. The first-order valence-electron chi connectivity index (χ1n) is 9.15. The van der Waals surface area contributed by atoms with Crippen LogP contribution < -0.4 is 5.32 Å². The summed E-state index contributed by atoms with van der Waals surface area (Å²) in [5.74, 6) is -2.06. The first-order valence-corrected chi connectivity index (χ1v) is 9.15. The van der Waals surface area contributed by atoms with E-state index in [1.165, 1.54) is 0 Å². The molecule has 2 heterocycles. The highest BCUT2D eigenvalue weighted by Crippen LogP contribution is 2.55. The molecule has 2 atom stereocenters. The predicted octanol–water partition coefficient (Wildman–Crippen LogP) is 3.59. The van der Waals surface area contributed by atoms with Crippen LogP contribution in [0.3, 0.4) is 0 Å². The molecular weight excluding hydrogens is 449 g/mol. The molecule has 6 nitrogen and oxygen atoms in total. The van der Waals surface area contributed by atoms with E-state index in [1.54, 1.807) is 0 Å². The summed E-state index contributed by atoms with van der Waals surface area (Å²) in [5.41, 5.74) is -3.65. The number of anilines is 1. The standard InChI is InChI=1S/C19H13F7N4O2/c20-13-4-17(13)8-30(15(32)11-2-1-9(3-12(11)17)18(21,22)23)7-14(31)29-16-27-5-10(6-28-16)19(24,25)26/h1-3,5-6,13H,4,7-8H2,(H,27,28,29,31)/t13-,17+/m0/s1. The Balaban J connectivity index is 1.52. The van der Waals surface area contributed by atoms with Crippen molar-refractivity contribution in [2.75, 3.05) is 18.4 Å². The van der Waals surface area contributed by atoms with E-state index in [0.717, 1.165) is 17.0 Å². The molecule has 2 aromatic rings. The summed E-state index contributed by atoms with van der Waals surface area (Å²) in [7, 11) is 0. The minimum atomic E-state index is -4.67. The number of nitrogens with zero attached hydrogens (tertiary/aromatic N) is 3. The van der Waals surface area contributed by atoms with Crippen molar-refractivity contribution in [3.63, 3.8) is 0 Å². The van der Waals surface area contributed by atoms with Crippen LogP contribution >= 0.6 is 0 Å². The van der Waals surface area contributed by atoms with Crippen molar-refractivity contribution in [2.24, 2.45) is 0 Å². The minimum Gasteiger partial charge on any atom is -0.328 e. The molecule has 13 heteroatoms. The van der Waals surface area contributed by atoms with E-state index in [2.05, 4.69) is 15.3 Å². The van der Waals surface area contributed by atoms with E-state index in [-0.39, 0.29) is 24.1 Å². The molecule has 32 heavy (non-hydrogen) atoms. The van der Waals surface area contributed by atoms with Crippen LogP contribution in [0.5, 0.6) is 0 Å². The van der Waals surface area contributed by atoms with Gasteiger partial charge in [-0.3, -0.25) is 14.9 Å². The van der Waals surface area contributed by atoms with Crippen LogP contribution in [0.4, 0.5) is 36.7 Å². The molecule has 0 bridgehead atoms. The van der Waals surface area contributed by atoms with Crippen LogP contribution in [0, 0.1) is 0 Å². The van der Waals surface area contributed by atoms with E-state index in [0.29, 0.717) is 18.5 Å². The van der Waals surface area contributed by atoms with Crippen molar-refractivity contribution in [1.29, 1.82) is 0 Å². The fraction of sp³-hybridized carbons (Fsp3) is 0.368. The zero-order valence-electron chi connectivity index (χ0n) is 15.9. The van der Waals surface area contributed by atoms with E-state index in [9.17, 15) is 40.3 Å². The number of aromatic nitrogens is 2. The fourth-order valence-corrected chi connectivity index (χ4v) is 3.69. The lowest BCUT2D eigenvalue weighted by atomic mass is 9.85. The Morgan fingerprint density at radius 3 is 2.22 bits per heavy atom. The van der Waals surface area contributed by atoms with Gasteiger partial charge in [0.15, 0.2) is 0 Å². The maximum atomic E-state index is 14.2. The van der Waals surface area contributed by atoms with Gasteiger partial charge >= 0.3 is 12.4 Å². The Hall–Kier alpha value is -3.25. The van der Waals surface area contributed by atoms with Crippen LogP contribution in [-0.2, 0) is 22.6 Å². The molecule has 2 amide bonds. The van der Waals surface area contributed by atoms with Crippen LogP contribution in [0.1, 0.15) is 33.5 Å². The molecule has 1 aromatic carbocycles. The molecule has 1 aliphatic carbocycles. The Bertz CT molecular complexity index is 1080. The average Bonchev–Trinajstić information content (AvgIpc) is 3.34. The lowest BCUT2D eigenvalue weighted by Gasteiger charge is -2.34. The van der Waals surface area contributed by atoms with Crippen LogP contribution in [0.15, 0.2) is 30.6 Å². The molecule has 1 saturated carbocycles. The van der Waals surface area contributed by atoms with Gasteiger partial charge < -0.3 is 4.90 Å². The minimum absolute atomic E-state index is 0.0486. The Kier molecular flexibility index (Phi) is 4.90. The highest BCUT2D eigenvalue weighted by atomic mass is 19.4. The second-order valence-corrected chi connectivity index (χ2v) is 7.59. The number of fused-ring (bicyclic) bond motifs is 2. The van der Waals surface area contributed by atoms with Crippen molar-refractivity contribution < 1.29 is 40.3 Å². The summed E-state index contributed by atoms with van der Waals surface area (Å²) in [6.07, 6.45) is -9.98. The maximum Gasteiger partial charge on any atom is 0.419 e. The second-order valence-electron chi connectivity index (χ2n) is 7.59. The van der Waals surface area contributed by atoms with Gasteiger partial charge in [-0.1, -0.05) is 0 Å². The molecule has 0 saturated heterocycles. The van der Waals surface area contributed by atoms with E-state index in [1.807, 2.05) is 0 Å². The summed E-state index contributed by atoms with van der Waals surface area (Å²) in [6, 6.07) is 2.43. The van der Waals surface area contributed by atoms with E-state index >= 15 is 0 Å². The van der Waals surface area contributed by atoms with E-state index < -0.39 is 59.4 Å². The first kappa shape index (κ1) is 22.0. The van der Waals surface area contributed by atoms with E-state index in [4.69, 9.17) is 0 Å². The number of halogens is 7. The third kappa shape index (κ3) is 3.86. The average molecular weight is 462 g/mol. The lowest BCUT2D eigenvalue weighted by molar-refractivity contribution is -0.138. The molecule has 0 radical (unpaired) electrons. The third-order valence-electron chi connectivity index (χ3n) is 5.42. The summed E-state index contributed by atoms with van der Waals surface area (Å²) in [6.45, 7) is -0.930. The number of rotatable bonds is 3. The zero-order valence-corrected chi connectivity index (χ0v) is 15.9. The van der Waals surface area contributed by atoms with Gasteiger partial charge in [0.05, 0.1) is 11.1 Å². The van der Waals surface area contributed by atoms with Crippen molar-refractivity contribution in [2.45, 2.75) is 30.4 Å². The topological polar surface area (TPSA) is 75.2 Å². The summed E-state index contributed by atoms with van der Waals surface area (Å²) < 4.78 is 91.1. The van der Waals surface area contributed by atoms with Crippen molar-refractivity contribution in [3.05, 3.63) is 52.8 Å². The Morgan fingerprint density at radius 2 is 1.69 bits per heavy atom. The number of alkyl halides is 7. The molecule has 170 valence electrons. The molecular formula is C19H13F7N4O2. The van der Waals surface area contributed by atoms with Gasteiger partial charge in [-0.15, -0.1) is 0 Å². The highest BCUT2D eigenvalue weighted by molar-refractivity contribution is 6.01. The van der Waals surface area contributed by atoms with Crippen molar-refractivity contribution in [3.8, 4) is 0 Å². The van der Waals surface area contributed by atoms with Gasteiger partial charge in [0.25, 0.3) is 5.91 Å². The lowest BCUT2D eigenvalue weighted by Crippen LogP contribution is -2.47. The van der Waals surface area contributed by atoms with Gasteiger partial charge in [-0.25, -0.2) is 14.4 Å². The van der Waals surface area contributed by atoms with Crippen LogP contribution in [0.25, 0.3) is 0 Å². The summed E-state index contributed by atoms with van der Waals surface area (Å²) in [5, 5.41) is 2.14. The Labute approximate surface area is 175 Å². The molecule has 0 unspecified atom stereocenters. The molecule has 1 aromatic heterocycles. The zero-order chi connectivity index (χ0) is 23.5. The van der Waals surface area contributed by atoms with Crippen molar-refractivity contribution in [1.82, 2.24) is 14.9 Å². The number of hydrogen-bond donors (Lipinski definition) is 1. The van der Waals surface area contributed by atoms with Crippen molar-refractivity contribution >= 4 is 17.8 Å². The normalized spacial score (nSPS) is 22.7. The highest BCUT2D eigenvalue weighted by Gasteiger charge is 2.61. The van der Waals surface area contributed by atoms with Gasteiger partial charge in [0.1, 0.15) is 12.7 Å². The maximum absolute atomic E-state index is 14.2. The van der Waals surface area contributed by atoms with Gasteiger partial charge in [-0.05, 0) is 30.2 Å². The molecule has 1 aliphatic heterocycles. The number of nitrogens with one attached hydrogen (secondary N) is 1. The Morgan fingerprint density at radius 1 is 1.09 bits per heavy atom. The van der Waals surface area contributed by atoms with Gasteiger partial charge in [0.2, 0.25) is 11.9 Å². The molecule has 1 spiro atoms. The molecule has 2 aliphatic rings. The van der Waals surface area contributed by atoms with Crippen LogP contribution in [-0.4, -0.2) is 45.9 Å². The third-order valence-corrected chi connectivity index (χ3v) is 5.42. The monoisotopic (exact) mass is 462 g/mol. The molecule has 1 fully saturated rings. The summed E-state index contributed by atoms with van der Waals surface area (Å²) >= 11 is 0. The first-order chi connectivity index (χ1) is 14.8. The largest absolute Gasteiger partial charge is 0.419 e. The number of amides is 2. The number of hydrogen-bond acceptors (Lipinski definition) is 4. The quantitative estimate of drug-likeness (QED) is 0.708. The number of carbonyl (C=O) groups excluding carboxylic acids is 2. The summed E-state index contributed by atoms with van der Waals surface area (Å²) in [4.78, 5) is 32.8. The molecule has 4 rings (SSSR count). The SMILES string of the molecule is O=C(CN1C[C@]2(C[C@@H]2F)c2cc(C(F)(F)F)ccc2C1=O)Nc1ncc(C(F)(F)F)cn1. The smallest absolute Gasteiger partial charge is 0.328 e. The predicted molar refractivity (Wildman–Crippen MR) is 94.2 cm³/mol. The number of benzene rings is 1. The second kappa shape index (κ2) is 7.14.